The van der Waals surface area contributed by atoms with Crippen LogP contribution in [0.25, 0.3) is 0 Å². The normalized spacial score (nSPS) is 14.8. The predicted molar refractivity (Wildman–Crippen MR) is 98.3 cm³/mol. The van der Waals surface area contributed by atoms with Gasteiger partial charge in [-0.1, -0.05) is 35.4 Å². The second-order valence-electron chi connectivity index (χ2n) is 6.68. The number of piperidine rings is 1. The Bertz CT molecular complexity index is 692. The fraction of sp³-hybridized carbons (Fsp3) is 0.333. The number of hydrogen-bond acceptors (Lipinski definition) is 4. The van der Waals surface area contributed by atoms with Gasteiger partial charge in [0.2, 0.25) is 0 Å². The van der Waals surface area contributed by atoms with Gasteiger partial charge in [-0.25, -0.2) is 4.79 Å². The number of carbonyl (C=O) groups is 2. The van der Waals surface area contributed by atoms with Crippen molar-refractivity contribution in [2.45, 2.75) is 26.7 Å². The van der Waals surface area contributed by atoms with Crippen LogP contribution in [-0.4, -0.2) is 30.1 Å². The third-order valence-electron chi connectivity index (χ3n) is 4.55. The van der Waals surface area contributed by atoms with Crippen molar-refractivity contribution in [3.05, 3.63) is 59.7 Å². The number of likely N-dealkylation sites (tertiary alicyclic amines) is 1. The van der Waals surface area contributed by atoms with Crippen LogP contribution in [0.3, 0.4) is 0 Å². The third kappa shape index (κ3) is 4.63. The molecule has 0 aliphatic carbocycles. The average Bonchev–Trinajstić information content (AvgIpc) is 2.65. The van der Waals surface area contributed by atoms with E-state index < -0.39 is 0 Å². The standard InChI is InChI=1S/C21H23NO4/c1-15-3-7-18(8-4-15)25-20(23)17-11-13-22(14-12-17)21(24)26-19-9-5-16(2)6-10-19/h3-10,17H,11-14H2,1-2H3. The number of rotatable bonds is 3. The maximum absolute atomic E-state index is 12.3. The Kier molecular flexibility index (Phi) is 5.56. The highest BCUT2D eigenvalue weighted by Gasteiger charge is 2.29. The van der Waals surface area contributed by atoms with Crippen LogP contribution in [0.5, 0.6) is 11.5 Å². The summed E-state index contributed by atoms with van der Waals surface area (Å²) in [6.45, 7) is 4.93. The van der Waals surface area contributed by atoms with Gasteiger partial charge in [-0.15, -0.1) is 0 Å². The number of amides is 1. The average molecular weight is 353 g/mol. The van der Waals surface area contributed by atoms with E-state index in [1.807, 2.05) is 38.1 Å². The quantitative estimate of drug-likeness (QED) is 0.615. The minimum absolute atomic E-state index is 0.195. The van der Waals surface area contributed by atoms with Gasteiger partial charge < -0.3 is 14.4 Å². The van der Waals surface area contributed by atoms with Gasteiger partial charge in [-0.05, 0) is 51.0 Å². The van der Waals surface area contributed by atoms with E-state index in [9.17, 15) is 9.59 Å². The molecule has 1 aliphatic heterocycles. The minimum atomic E-state index is -0.376. The van der Waals surface area contributed by atoms with Crippen LogP contribution in [0.15, 0.2) is 48.5 Å². The second kappa shape index (κ2) is 8.04. The lowest BCUT2D eigenvalue weighted by atomic mass is 9.97. The van der Waals surface area contributed by atoms with E-state index in [0.717, 1.165) is 11.1 Å². The molecule has 0 radical (unpaired) electrons. The molecule has 1 aliphatic rings. The fourth-order valence-corrected chi connectivity index (χ4v) is 2.88. The van der Waals surface area contributed by atoms with Crippen LogP contribution in [-0.2, 0) is 4.79 Å². The van der Waals surface area contributed by atoms with Gasteiger partial charge >= 0.3 is 12.1 Å². The molecule has 0 aromatic heterocycles. The first-order valence-electron chi connectivity index (χ1n) is 8.83. The minimum Gasteiger partial charge on any atom is -0.426 e. The van der Waals surface area contributed by atoms with E-state index in [4.69, 9.17) is 9.47 Å². The molecule has 3 rings (SSSR count). The Hall–Kier alpha value is -2.82. The van der Waals surface area contributed by atoms with Crippen LogP contribution in [0.2, 0.25) is 0 Å². The van der Waals surface area contributed by atoms with E-state index in [0.29, 0.717) is 37.4 Å². The molecule has 0 bridgehead atoms. The van der Waals surface area contributed by atoms with E-state index in [1.165, 1.54) is 0 Å². The summed E-state index contributed by atoms with van der Waals surface area (Å²) >= 11 is 0. The first kappa shape index (κ1) is 18.0. The molecule has 1 fully saturated rings. The molecule has 2 aromatic rings. The number of aryl methyl sites for hydroxylation is 2. The SMILES string of the molecule is Cc1ccc(OC(=O)C2CCN(C(=O)Oc3ccc(C)cc3)CC2)cc1. The maximum Gasteiger partial charge on any atom is 0.415 e. The molecule has 0 unspecified atom stereocenters. The Morgan fingerprint density at radius 2 is 1.27 bits per heavy atom. The molecule has 5 nitrogen and oxygen atoms in total. The zero-order valence-corrected chi connectivity index (χ0v) is 15.1. The van der Waals surface area contributed by atoms with Gasteiger partial charge in [-0.3, -0.25) is 4.79 Å². The van der Waals surface area contributed by atoms with Crippen molar-refractivity contribution in [3.8, 4) is 11.5 Å². The van der Waals surface area contributed by atoms with Crippen LogP contribution < -0.4 is 9.47 Å². The van der Waals surface area contributed by atoms with Crippen LogP contribution in [0.1, 0.15) is 24.0 Å². The third-order valence-corrected chi connectivity index (χ3v) is 4.55. The Balaban J connectivity index is 1.48. The molecule has 2 aromatic carbocycles. The number of ether oxygens (including phenoxy) is 2. The smallest absolute Gasteiger partial charge is 0.415 e. The lowest BCUT2D eigenvalue weighted by Gasteiger charge is -2.30. The summed E-state index contributed by atoms with van der Waals surface area (Å²) in [6, 6.07) is 14.8. The zero-order valence-electron chi connectivity index (χ0n) is 15.1. The molecule has 26 heavy (non-hydrogen) atoms. The first-order valence-corrected chi connectivity index (χ1v) is 8.83. The molecule has 1 saturated heterocycles. The highest BCUT2D eigenvalue weighted by Crippen LogP contribution is 2.22. The van der Waals surface area contributed by atoms with E-state index in [2.05, 4.69) is 0 Å². The molecule has 136 valence electrons. The summed E-state index contributed by atoms with van der Waals surface area (Å²) in [4.78, 5) is 26.2. The molecule has 0 atom stereocenters. The topological polar surface area (TPSA) is 55.8 Å². The van der Waals surface area contributed by atoms with Crippen molar-refractivity contribution < 1.29 is 19.1 Å². The van der Waals surface area contributed by atoms with E-state index >= 15 is 0 Å². The van der Waals surface area contributed by atoms with Crippen LogP contribution in [0.4, 0.5) is 4.79 Å². The Labute approximate surface area is 153 Å². The molecule has 0 saturated carbocycles. The molecule has 5 heteroatoms. The van der Waals surface area contributed by atoms with Gasteiger partial charge in [0, 0.05) is 13.1 Å². The molecule has 1 heterocycles. The zero-order chi connectivity index (χ0) is 18.5. The number of nitrogens with zero attached hydrogens (tertiary/aromatic N) is 1. The number of benzene rings is 2. The Morgan fingerprint density at radius 3 is 1.77 bits per heavy atom. The number of hydrogen-bond donors (Lipinski definition) is 0. The lowest BCUT2D eigenvalue weighted by molar-refractivity contribution is -0.140. The van der Waals surface area contributed by atoms with Crippen LogP contribution in [0, 0.1) is 19.8 Å². The van der Waals surface area contributed by atoms with Gasteiger partial charge in [-0.2, -0.15) is 0 Å². The maximum atomic E-state index is 12.3. The van der Waals surface area contributed by atoms with Crippen molar-refractivity contribution >= 4 is 12.1 Å². The summed E-state index contributed by atoms with van der Waals surface area (Å²) in [5.41, 5.74) is 2.22. The van der Waals surface area contributed by atoms with Crippen molar-refractivity contribution in [3.63, 3.8) is 0 Å². The molecular formula is C21H23NO4. The van der Waals surface area contributed by atoms with Crippen molar-refractivity contribution in [2.75, 3.05) is 13.1 Å². The lowest BCUT2D eigenvalue weighted by Crippen LogP contribution is -2.42. The summed E-state index contributed by atoms with van der Waals surface area (Å²) in [5.74, 6) is 0.656. The van der Waals surface area contributed by atoms with Gasteiger partial charge in [0.1, 0.15) is 11.5 Å². The van der Waals surface area contributed by atoms with Crippen LogP contribution >= 0.6 is 0 Å². The predicted octanol–water partition coefficient (Wildman–Crippen LogP) is 4.12. The fourth-order valence-electron chi connectivity index (χ4n) is 2.88. The summed E-state index contributed by atoms with van der Waals surface area (Å²) in [5, 5.41) is 0. The largest absolute Gasteiger partial charge is 0.426 e. The van der Waals surface area contributed by atoms with Gasteiger partial charge in [0.05, 0.1) is 5.92 Å². The highest BCUT2D eigenvalue weighted by molar-refractivity contribution is 5.76. The van der Waals surface area contributed by atoms with Crippen molar-refractivity contribution in [2.24, 2.45) is 5.92 Å². The summed E-state index contributed by atoms with van der Waals surface area (Å²) < 4.78 is 10.8. The second-order valence-corrected chi connectivity index (χ2v) is 6.68. The summed E-state index contributed by atoms with van der Waals surface area (Å²) in [6.07, 6.45) is 0.778. The Morgan fingerprint density at radius 1 is 0.808 bits per heavy atom. The van der Waals surface area contributed by atoms with Crippen molar-refractivity contribution in [1.82, 2.24) is 4.90 Å². The highest BCUT2D eigenvalue weighted by atomic mass is 16.6. The van der Waals surface area contributed by atoms with Gasteiger partial charge in [0.25, 0.3) is 0 Å². The molecular weight excluding hydrogens is 330 g/mol. The monoisotopic (exact) mass is 353 g/mol. The molecule has 0 N–H and O–H groups in total. The van der Waals surface area contributed by atoms with E-state index in [-0.39, 0.29) is 18.0 Å². The summed E-state index contributed by atoms with van der Waals surface area (Å²) in [7, 11) is 0. The number of esters is 1. The molecule has 0 spiro atoms. The van der Waals surface area contributed by atoms with E-state index in [1.54, 1.807) is 29.2 Å². The van der Waals surface area contributed by atoms with Gasteiger partial charge in [0.15, 0.2) is 0 Å². The number of carbonyl (C=O) groups excluding carboxylic acids is 2. The van der Waals surface area contributed by atoms with Crippen molar-refractivity contribution in [1.29, 1.82) is 0 Å². The molecule has 1 amide bonds. The first-order chi connectivity index (χ1) is 12.5.